The molecule has 146 valence electrons. The Hall–Kier alpha value is -1.43. The van der Waals surface area contributed by atoms with Gasteiger partial charge in [0.05, 0.1) is 18.3 Å². The number of methoxy groups -OCH3 is 1. The third kappa shape index (κ3) is 3.00. The zero-order valence-electron chi connectivity index (χ0n) is 16.2. The number of hydrogen-bond donors (Lipinski definition) is 1. The van der Waals surface area contributed by atoms with Crippen LogP contribution in [0.25, 0.3) is 0 Å². The van der Waals surface area contributed by atoms with E-state index in [1.807, 2.05) is 0 Å². The first-order valence-corrected chi connectivity index (χ1v) is 10.4. The van der Waals surface area contributed by atoms with E-state index in [0.29, 0.717) is 37.0 Å². The third-order valence-electron chi connectivity index (χ3n) is 7.42. The van der Waals surface area contributed by atoms with Crippen LogP contribution >= 0.6 is 0 Å². The van der Waals surface area contributed by atoms with Crippen LogP contribution in [0.4, 0.5) is 0 Å². The molecule has 1 aliphatic carbocycles. The summed E-state index contributed by atoms with van der Waals surface area (Å²) in [7, 11) is 1.63. The quantitative estimate of drug-likeness (QED) is 0.829. The number of carbonyl (C=O) groups excluding carboxylic acids is 1. The first-order valence-electron chi connectivity index (χ1n) is 10.4. The number of carbonyl (C=O) groups is 1. The molecule has 1 spiro atoms. The Kier molecular flexibility index (Phi) is 4.49. The van der Waals surface area contributed by atoms with Gasteiger partial charge >= 0.3 is 0 Å². The van der Waals surface area contributed by atoms with E-state index in [0.717, 1.165) is 26.1 Å². The summed E-state index contributed by atoms with van der Waals surface area (Å²) in [6.07, 6.45) is 5.44. The van der Waals surface area contributed by atoms with Crippen molar-refractivity contribution in [2.24, 2.45) is 11.8 Å². The average molecular weight is 370 g/mol. The second-order valence-corrected chi connectivity index (χ2v) is 8.84. The molecule has 1 amide bonds. The topological polar surface area (TPSA) is 50.8 Å². The standard InChI is InChI=1S/C22H30N2O3/c1-26-9-7-21(25)23-12-18-19-13-24(14-22(19)8-6-20(18)27-22)17-10-15-4-2-3-5-16(15)11-17/h2-5,17-20H,6-14H2,1H3,(H,23,25)/t18-,19+,20+,22+/m0/s1. The molecule has 1 aromatic carbocycles. The highest BCUT2D eigenvalue weighted by Crippen LogP contribution is 2.55. The molecule has 5 heteroatoms. The highest BCUT2D eigenvalue weighted by Gasteiger charge is 2.63. The predicted octanol–water partition coefficient (Wildman–Crippen LogP) is 1.79. The maximum atomic E-state index is 12.0. The number of nitrogens with one attached hydrogen (secondary N) is 1. The van der Waals surface area contributed by atoms with Gasteiger partial charge in [0.15, 0.2) is 0 Å². The SMILES string of the molecule is COCCC(=O)NC[C@H]1[C@H]2CN(C3Cc4ccccc4C3)C[C@]23CC[C@H]1O3. The molecule has 0 saturated carbocycles. The molecule has 0 unspecified atom stereocenters. The molecule has 1 N–H and O–H groups in total. The van der Waals surface area contributed by atoms with E-state index in [1.54, 1.807) is 7.11 Å². The molecule has 0 radical (unpaired) electrons. The van der Waals surface area contributed by atoms with Crippen LogP contribution in [0.3, 0.4) is 0 Å². The lowest BCUT2D eigenvalue weighted by atomic mass is 9.73. The molecule has 3 aliphatic heterocycles. The van der Waals surface area contributed by atoms with Crippen LogP contribution in [0.2, 0.25) is 0 Å². The van der Waals surface area contributed by atoms with Gasteiger partial charge in [0.2, 0.25) is 5.91 Å². The molecule has 1 aromatic rings. The molecule has 5 rings (SSSR count). The molecule has 4 atom stereocenters. The molecule has 3 fully saturated rings. The number of likely N-dealkylation sites (tertiary alicyclic amines) is 1. The molecule has 2 bridgehead atoms. The Morgan fingerprint density at radius 1 is 1.33 bits per heavy atom. The molecule has 0 aromatic heterocycles. The monoisotopic (exact) mass is 370 g/mol. The fourth-order valence-corrected chi connectivity index (χ4v) is 6.09. The Morgan fingerprint density at radius 2 is 2.11 bits per heavy atom. The van der Waals surface area contributed by atoms with Gasteiger partial charge in [-0.2, -0.15) is 0 Å². The largest absolute Gasteiger partial charge is 0.384 e. The van der Waals surface area contributed by atoms with Gasteiger partial charge in [0, 0.05) is 51.0 Å². The van der Waals surface area contributed by atoms with E-state index in [1.165, 1.54) is 30.4 Å². The van der Waals surface area contributed by atoms with Crippen molar-refractivity contribution in [2.75, 3.05) is 33.4 Å². The summed E-state index contributed by atoms with van der Waals surface area (Å²) in [5, 5.41) is 3.13. The van der Waals surface area contributed by atoms with Crippen LogP contribution in [-0.2, 0) is 27.1 Å². The number of amides is 1. The molecule has 5 nitrogen and oxygen atoms in total. The van der Waals surface area contributed by atoms with E-state index in [2.05, 4.69) is 34.5 Å². The summed E-state index contributed by atoms with van der Waals surface area (Å²) in [6, 6.07) is 9.49. The maximum Gasteiger partial charge on any atom is 0.222 e. The zero-order valence-corrected chi connectivity index (χ0v) is 16.2. The average Bonchev–Trinajstić information content (AvgIpc) is 3.41. The smallest absolute Gasteiger partial charge is 0.222 e. The van der Waals surface area contributed by atoms with Crippen molar-refractivity contribution in [2.45, 2.75) is 49.9 Å². The number of hydrogen-bond acceptors (Lipinski definition) is 4. The lowest BCUT2D eigenvalue weighted by Gasteiger charge is -2.29. The minimum absolute atomic E-state index is 0.0430. The van der Waals surface area contributed by atoms with Gasteiger partial charge < -0.3 is 14.8 Å². The van der Waals surface area contributed by atoms with E-state index in [-0.39, 0.29) is 11.5 Å². The number of rotatable bonds is 6. The lowest BCUT2D eigenvalue weighted by molar-refractivity contribution is -0.122. The minimum atomic E-state index is 0.0430. The highest BCUT2D eigenvalue weighted by molar-refractivity contribution is 5.75. The van der Waals surface area contributed by atoms with Crippen molar-refractivity contribution in [1.82, 2.24) is 10.2 Å². The third-order valence-corrected chi connectivity index (χ3v) is 7.42. The summed E-state index contributed by atoms with van der Waals surface area (Å²) in [6.45, 7) is 3.42. The van der Waals surface area contributed by atoms with Gasteiger partial charge in [0.1, 0.15) is 0 Å². The predicted molar refractivity (Wildman–Crippen MR) is 103 cm³/mol. The van der Waals surface area contributed by atoms with Crippen molar-refractivity contribution in [3.8, 4) is 0 Å². The summed E-state index contributed by atoms with van der Waals surface area (Å²) >= 11 is 0. The molecule has 3 heterocycles. The Balaban J connectivity index is 1.24. The molecule has 27 heavy (non-hydrogen) atoms. The van der Waals surface area contributed by atoms with E-state index < -0.39 is 0 Å². The molecular formula is C22H30N2O3. The number of benzene rings is 1. The lowest BCUT2D eigenvalue weighted by Crippen LogP contribution is -2.42. The first-order chi connectivity index (χ1) is 13.2. The minimum Gasteiger partial charge on any atom is -0.384 e. The van der Waals surface area contributed by atoms with Gasteiger partial charge in [-0.15, -0.1) is 0 Å². The van der Waals surface area contributed by atoms with Crippen LogP contribution in [0.15, 0.2) is 24.3 Å². The Labute approximate surface area is 161 Å². The van der Waals surface area contributed by atoms with E-state index in [9.17, 15) is 4.79 Å². The second-order valence-electron chi connectivity index (χ2n) is 8.84. The van der Waals surface area contributed by atoms with Crippen LogP contribution in [0, 0.1) is 11.8 Å². The summed E-state index contributed by atoms with van der Waals surface area (Å²) in [5.74, 6) is 1.11. The summed E-state index contributed by atoms with van der Waals surface area (Å²) < 4.78 is 11.6. The van der Waals surface area contributed by atoms with Crippen LogP contribution in [0.5, 0.6) is 0 Å². The second kappa shape index (κ2) is 6.87. The van der Waals surface area contributed by atoms with Crippen LogP contribution < -0.4 is 5.32 Å². The van der Waals surface area contributed by atoms with E-state index >= 15 is 0 Å². The summed E-state index contributed by atoms with van der Waals surface area (Å²) in [5.41, 5.74) is 3.08. The first kappa shape index (κ1) is 17.7. The zero-order chi connectivity index (χ0) is 18.4. The summed E-state index contributed by atoms with van der Waals surface area (Å²) in [4.78, 5) is 14.7. The van der Waals surface area contributed by atoms with Gasteiger partial charge in [-0.25, -0.2) is 0 Å². The molecule has 3 saturated heterocycles. The normalized spacial score (nSPS) is 34.8. The Bertz CT molecular complexity index is 698. The number of ether oxygens (including phenoxy) is 2. The van der Waals surface area contributed by atoms with Crippen molar-refractivity contribution < 1.29 is 14.3 Å². The molecular weight excluding hydrogens is 340 g/mol. The number of nitrogens with zero attached hydrogens (tertiary/aromatic N) is 1. The van der Waals surface area contributed by atoms with Crippen molar-refractivity contribution in [1.29, 1.82) is 0 Å². The van der Waals surface area contributed by atoms with Crippen molar-refractivity contribution >= 4 is 5.91 Å². The maximum absolute atomic E-state index is 12.0. The fraction of sp³-hybridized carbons (Fsp3) is 0.682. The number of fused-ring (bicyclic) bond motifs is 2. The van der Waals surface area contributed by atoms with Gasteiger partial charge in [-0.3, -0.25) is 9.69 Å². The fourth-order valence-electron chi connectivity index (χ4n) is 6.09. The molecule has 4 aliphatic rings. The van der Waals surface area contributed by atoms with Crippen molar-refractivity contribution in [3.63, 3.8) is 0 Å². The van der Waals surface area contributed by atoms with Gasteiger partial charge in [-0.1, -0.05) is 24.3 Å². The van der Waals surface area contributed by atoms with Gasteiger partial charge in [-0.05, 0) is 36.8 Å². The van der Waals surface area contributed by atoms with Crippen LogP contribution in [0.1, 0.15) is 30.4 Å². The van der Waals surface area contributed by atoms with E-state index in [4.69, 9.17) is 9.47 Å². The highest BCUT2D eigenvalue weighted by atomic mass is 16.5. The van der Waals surface area contributed by atoms with Gasteiger partial charge in [0.25, 0.3) is 0 Å². The van der Waals surface area contributed by atoms with Crippen molar-refractivity contribution in [3.05, 3.63) is 35.4 Å². The van der Waals surface area contributed by atoms with Crippen LogP contribution in [-0.4, -0.2) is 61.9 Å². The Morgan fingerprint density at radius 3 is 2.85 bits per heavy atom.